The quantitative estimate of drug-likeness (QED) is 0.694. The minimum atomic E-state index is -0.391. The number of amides is 4. The summed E-state index contributed by atoms with van der Waals surface area (Å²) in [5.74, 6) is 0.111. The zero-order valence-electron chi connectivity index (χ0n) is 19.6. The van der Waals surface area contributed by atoms with Gasteiger partial charge in [0.05, 0.1) is 18.4 Å². The van der Waals surface area contributed by atoms with Gasteiger partial charge in [0, 0.05) is 45.1 Å². The zero-order chi connectivity index (χ0) is 24.2. The van der Waals surface area contributed by atoms with Gasteiger partial charge in [-0.3, -0.25) is 4.98 Å². The zero-order valence-corrected chi connectivity index (χ0v) is 19.6. The number of halogens is 1. The molecular formula is C26H30FN5O3. The first kappa shape index (κ1) is 23.3. The Morgan fingerprint density at radius 3 is 2.63 bits per heavy atom. The standard InChI is InChI=1S/C26H30FN5O3/c27-22-13-21-16-32(17-24(21)28-15-22)26(34)30-23-3-1-19(2-4-23)20-5-9-31(10-6-20)25(33)29-14-18-7-11-35-12-8-18/h1-5,13,15,18H,6-12,14,16-17H2,(H,29,33)(H,30,34). The minimum absolute atomic E-state index is 0.00754. The van der Waals surface area contributed by atoms with Gasteiger partial charge < -0.3 is 25.2 Å². The number of ether oxygens (including phenoxy) is 1. The molecule has 0 spiro atoms. The van der Waals surface area contributed by atoms with Crippen molar-refractivity contribution in [2.24, 2.45) is 5.92 Å². The summed E-state index contributed by atoms with van der Waals surface area (Å²) in [6, 6.07) is 8.90. The number of urea groups is 2. The molecule has 2 aromatic rings. The third-order valence-electron chi connectivity index (χ3n) is 6.90. The predicted molar refractivity (Wildman–Crippen MR) is 130 cm³/mol. The average Bonchev–Trinajstić information content (AvgIpc) is 3.32. The number of benzene rings is 1. The number of pyridine rings is 1. The van der Waals surface area contributed by atoms with Crippen LogP contribution in [0.4, 0.5) is 19.7 Å². The molecule has 0 unspecified atom stereocenters. The van der Waals surface area contributed by atoms with Crippen LogP contribution in [-0.4, -0.2) is 59.7 Å². The maximum absolute atomic E-state index is 13.4. The number of hydrogen-bond donors (Lipinski definition) is 2. The molecule has 184 valence electrons. The number of carbonyl (C=O) groups excluding carboxylic acids is 2. The third-order valence-corrected chi connectivity index (χ3v) is 6.90. The van der Waals surface area contributed by atoms with Crippen LogP contribution in [0.15, 0.2) is 42.6 Å². The predicted octanol–water partition coefficient (Wildman–Crippen LogP) is 3.99. The van der Waals surface area contributed by atoms with Crippen LogP contribution >= 0.6 is 0 Å². The summed E-state index contributed by atoms with van der Waals surface area (Å²) < 4.78 is 18.8. The lowest BCUT2D eigenvalue weighted by Crippen LogP contribution is -2.44. The SMILES string of the molecule is O=C(NCC1CCOCC1)N1CC=C(c2ccc(NC(=O)N3Cc4cc(F)cnc4C3)cc2)CC1. The summed E-state index contributed by atoms with van der Waals surface area (Å²) in [5.41, 5.74) is 4.44. The second-order valence-corrected chi connectivity index (χ2v) is 9.29. The van der Waals surface area contributed by atoms with Crippen LogP contribution < -0.4 is 10.6 Å². The smallest absolute Gasteiger partial charge is 0.322 e. The summed E-state index contributed by atoms with van der Waals surface area (Å²) in [4.78, 5) is 32.7. The maximum atomic E-state index is 13.4. The van der Waals surface area contributed by atoms with E-state index in [4.69, 9.17) is 4.74 Å². The van der Waals surface area contributed by atoms with Gasteiger partial charge >= 0.3 is 12.1 Å². The van der Waals surface area contributed by atoms with Gasteiger partial charge in [-0.05, 0) is 60.1 Å². The molecule has 1 saturated heterocycles. The molecule has 3 aliphatic heterocycles. The summed E-state index contributed by atoms with van der Waals surface area (Å²) in [6.07, 6.45) is 6.07. The first-order valence-corrected chi connectivity index (χ1v) is 12.1. The van der Waals surface area contributed by atoms with E-state index >= 15 is 0 Å². The van der Waals surface area contributed by atoms with E-state index in [1.807, 2.05) is 29.2 Å². The van der Waals surface area contributed by atoms with Crippen LogP contribution in [0.25, 0.3) is 5.57 Å². The number of carbonyl (C=O) groups is 2. The molecule has 35 heavy (non-hydrogen) atoms. The number of anilines is 1. The van der Waals surface area contributed by atoms with Crippen LogP contribution in [0.5, 0.6) is 0 Å². The fourth-order valence-corrected chi connectivity index (χ4v) is 4.75. The van der Waals surface area contributed by atoms with E-state index in [9.17, 15) is 14.0 Å². The molecule has 8 nitrogen and oxygen atoms in total. The molecule has 0 bridgehead atoms. The molecule has 2 N–H and O–H groups in total. The van der Waals surface area contributed by atoms with Crippen LogP contribution in [0.2, 0.25) is 0 Å². The van der Waals surface area contributed by atoms with Gasteiger partial charge in [-0.1, -0.05) is 18.2 Å². The van der Waals surface area contributed by atoms with Gasteiger partial charge in [0.15, 0.2) is 0 Å². The first-order chi connectivity index (χ1) is 17.0. The summed E-state index contributed by atoms with van der Waals surface area (Å²) in [7, 11) is 0. The molecular weight excluding hydrogens is 449 g/mol. The molecule has 3 aliphatic rings. The molecule has 4 amide bonds. The van der Waals surface area contributed by atoms with Crippen molar-refractivity contribution >= 4 is 23.3 Å². The lowest BCUT2D eigenvalue weighted by Gasteiger charge is -2.28. The third kappa shape index (κ3) is 5.62. The van der Waals surface area contributed by atoms with Crippen molar-refractivity contribution in [1.82, 2.24) is 20.1 Å². The van der Waals surface area contributed by atoms with Gasteiger partial charge in [0.1, 0.15) is 5.82 Å². The molecule has 1 aromatic carbocycles. The van der Waals surface area contributed by atoms with Crippen LogP contribution in [-0.2, 0) is 17.8 Å². The lowest BCUT2D eigenvalue weighted by atomic mass is 9.99. The van der Waals surface area contributed by atoms with Crippen molar-refractivity contribution in [3.05, 3.63) is 65.2 Å². The van der Waals surface area contributed by atoms with Gasteiger partial charge in [-0.15, -0.1) is 0 Å². The molecule has 5 rings (SSSR count). The van der Waals surface area contributed by atoms with Crippen molar-refractivity contribution in [2.75, 3.05) is 38.2 Å². The number of fused-ring (bicyclic) bond motifs is 1. The number of rotatable bonds is 4. The number of aromatic nitrogens is 1. The Balaban J connectivity index is 1.11. The van der Waals surface area contributed by atoms with E-state index in [-0.39, 0.29) is 12.1 Å². The Morgan fingerprint density at radius 1 is 1.09 bits per heavy atom. The summed E-state index contributed by atoms with van der Waals surface area (Å²) in [6.45, 7) is 4.24. The topological polar surface area (TPSA) is 86.8 Å². The molecule has 9 heteroatoms. The molecule has 1 fully saturated rings. The number of nitrogens with one attached hydrogen (secondary N) is 2. The van der Waals surface area contributed by atoms with E-state index in [2.05, 4.69) is 21.7 Å². The molecule has 0 saturated carbocycles. The summed E-state index contributed by atoms with van der Waals surface area (Å²) >= 11 is 0. The van der Waals surface area contributed by atoms with Gasteiger partial charge in [-0.25, -0.2) is 14.0 Å². The Kier molecular flexibility index (Phi) is 6.94. The van der Waals surface area contributed by atoms with Crippen molar-refractivity contribution in [3.8, 4) is 0 Å². The number of hydrogen-bond acceptors (Lipinski definition) is 4. The normalized spacial score (nSPS) is 18.1. The maximum Gasteiger partial charge on any atom is 0.322 e. The van der Waals surface area contributed by atoms with Crippen LogP contribution in [0.3, 0.4) is 0 Å². The van der Waals surface area contributed by atoms with Crippen molar-refractivity contribution in [3.63, 3.8) is 0 Å². The molecule has 1 aromatic heterocycles. The highest BCUT2D eigenvalue weighted by Gasteiger charge is 2.25. The van der Waals surface area contributed by atoms with Crippen LogP contribution in [0, 0.1) is 11.7 Å². The Morgan fingerprint density at radius 2 is 1.89 bits per heavy atom. The monoisotopic (exact) mass is 479 g/mol. The highest BCUT2D eigenvalue weighted by Crippen LogP contribution is 2.25. The molecule has 0 aliphatic carbocycles. The van der Waals surface area contributed by atoms with Gasteiger partial charge in [0.25, 0.3) is 0 Å². The molecule has 0 radical (unpaired) electrons. The molecule has 0 atom stereocenters. The van der Waals surface area contributed by atoms with Crippen molar-refractivity contribution in [1.29, 1.82) is 0 Å². The minimum Gasteiger partial charge on any atom is -0.381 e. The molecule has 4 heterocycles. The van der Waals surface area contributed by atoms with E-state index < -0.39 is 5.82 Å². The van der Waals surface area contributed by atoms with Gasteiger partial charge in [-0.2, -0.15) is 0 Å². The van der Waals surface area contributed by atoms with E-state index in [1.165, 1.54) is 17.8 Å². The van der Waals surface area contributed by atoms with Crippen molar-refractivity contribution in [2.45, 2.75) is 32.4 Å². The Hall–Kier alpha value is -3.46. The van der Waals surface area contributed by atoms with Crippen LogP contribution in [0.1, 0.15) is 36.1 Å². The Bertz CT molecular complexity index is 1110. The van der Waals surface area contributed by atoms with Gasteiger partial charge in [0.2, 0.25) is 0 Å². The second kappa shape index (κ2) is 10.4. The fraction of sp³-hybridized carbons (Fsp3) is 0.423. The second-order valence-electron chi connectivity index (χ2n) is 9.29. The summed E-state index contributed by atoms with van der Waals surface area (Å²) in [5, 5.41) is 5.97. The van der Waals surface area contributed by atoms with E-state index in [0.29, 0.717) is 44.3 Å². The average molecular weight is 480 g/mol. The van der Waals surface area contributed by atoms with E-state index in [1.54, 1.807) is 4.90 Å². The highest BCUT2D eigenvalue weighted by molar-refractivity contribution is 5.90. The Labute approximate surface area is 204 Å². The largest absolute Gasteiger partial charge is 0.381 e. The number of nitrogens with zero attached hydrogens (tertiary/aromatic N) is 3. The van der Waals surface area contributed by atoms with Crippen molar-refractivity contribution < 1.29 is 18.7 Å². The lowest BCUT2D eigenvalue weighted by molar-refractivity contribution is 0.0664. The highest BCUT2D eigenvalue weighted by atomic mass is 19.1. The first-order valence-electron chi connectivity index (χ1n) is 12.1. The fourth-order valence-electron chi connectivity index (χ4n) is 4.75. The van der Waals surface area contributed by atoms with E-state index in [0.717, 1.165) is 49.3 Å².